The van der Waals surface area contributed by atoms with Crippen LogP contribution in [0.2, 0.25) is 0 Å². The van der Waals surface area contributed by atoms with Gasteiger partial charge in [-0.15, -0.1) is 0 Å². The molecule has 17 heavy (non-hydrogen) atoms. The number of nitrogens with zero attached hydrogens (tertiary/aromatic N) is 1. The Bertz CT molecular complexity index is 433. The summed E-state index contributed by atoms with van der Waals surface area (Å²) in [6, 6.07) is 4.91. The molecule has 3 nitrogen and oxygen atoms in total. The first kappa shape index (κ1) is 12.0. The first-order valence-corrected chi connectivity index (χ1v) is 5.87. The van der Waals surface area contributed by atoms with E-state index in [-0.39, 0.29) is 17.5 Å². The molecule has 0 spiro atoms. The Morgan fingerprint density at radius 3 is 3.00 bits per heavy atom. The van der Waals surface area contributed by atoms with Crippen molar-refractivity contribution in [3.8, 4) is 0 Å². The number of rotatable bonds is 1. The molecule has 0 bridgehead atoms. The van der Waals surface area contributed by atoms with Crippen LogP contribution in [-0.4, -0.2) is 36.5 Å². The van der Waals surface area contributed by atoms with Gasteiger partial charge < -0.3 is 10.2 Å². The fraction of sp³-hybridized carbons (Fsp3) is 0.462. The summed E-state index contributed by atoms with van der Waals surface area (Å²) in [7, 11) is 0. The van der Waals surface area contributed by atoms with Gasteiger partial charge in [0.05, 0.1) is 5.56 Å². The van der Waals surface area contributed by atoms with Crippen molar-refractivity contribution in [2.75, 3.05) is 19.6 Å². The lowest BCUT2D eigenvalue weighted by atomic mass is 10.1. The van der Waals surface area contributed by atoms with E-state index in [1.165, 1.54) is 6.07 Å². The van der Waals surface area contributed by atoms with Gasteiger partial charge in [-0.3, -0.25) is 4.79 Å². The highest BCUT2D eigenvalue weighted by Crippen LogP contribution is 2.14. The molecule has 1 atom stereocenters. The van der Waals surface area contributed by atoms with Crippen molar-refractivity contribution in [2.45, 2.75) is 19.9 Å². The molecule has 0 radical (unpaired) electrons. The fourth-order valence-corrected chi connectivity index (χ4v) is 2.09. The van der Waals surface area contributed by atoms with Crippen molar-refractivity contribution in [1.29, 1.82) is 0 Å². The Morgan fingerprint density at radius 2 is 2.29 bits per heavy atom. The zero-order valence-electron chi connectivity index (χ0n) is 10.2. The summed E-state index contributed by atoms with van der Waals surface area (Å²) in [6.07, 6.45) is 0. The second-order valence-electron chi connectivity index (χ2n) is 4.59. The van der Waals surface area contributed by atoms with E-state index in [2.05, 4.69) is 5.32 Å². The highest BCUT2D eigenvalue weighted by Gasteiger charge is 2.23. The minimum atomic E-state index is -0.438. The van der Waals surface area contributed by atoms with E-state index in [0.29, 0.717) is 13.1 Å². The van der Waals surface area contributed by atoms with Crippen molar-refractivity contribution in [3.05, 3.63) is 35.1 Å². The van der Waals surface area contributed by atoms with E-state index in [1.807, 2.05) is 13.8 Å². The van der Waals surface area contributed by atoms with Crippen LogP contribution in [0.25, 0.3) is 0 Å². The normalized spacial score (nSPS) is 20.4. The molecule has 1 aromatic rings. The molecule has 1 heterocycles. The van der Waals surface area contributed by atoms with Gasteiger partial charge in [-0.2, -0.15) is 0 Å². The molecular formula is C13H17FN2O. The number of carbonyl (C=O) groups excluding carboxylic acids is 1. The monoisotopic (exact) mass is 236 g/mol. The third kappa shape index (κ3) is 2.64. The lowest BCUT2D eigenvalue weighted by Crippen LogP contribution is -2.51. The third-order valence-electron chi connectivity index (χ3n) is 3.01. The Balaban J connectivity index is 2.21. The van der Waals surface area contributed by atoms with E-state index in [0.717, 1.165) is 12.1 Å². The number of benzene rings is 1. The highest BCUT2D eigenvalue weighted by molar-refractivity contribution is 5.94. The molecule has 0 aliphatic carbocycles. The summed E-state index contributed by atoms with van der Waals surface area (Å²) >= 11 is 0. The number of hydrogen-bond acceptors (Lipinski definition) is 2. The predicted octanol–water partition coefficient (Wildman–Crippen LogP) is 1.57. The van der Waals surface area contributed by atoms with Gasteiger partial charge in [0.1, 0.15) is 5.82 Å². The maximum atomic E-state index is 13.6. The number of carbonyl (C=O) groups is 1. The van der Waals surface area contributed by atoms with E-state index in [9.17, 15) is 9.18 Å². The molecule has 1 N–H and O–H groups in total. The maximum absolute atomic E-state index is 13.6. The predicted molar refractivity (Wildman–Crippen MR) is 64.5 cm³/mol. The fourth-order valence-electron chi connectivity index (χ4n) is 2.09. The molecule has 1 aromatic carbocycles. The molecule has 4 heteroatoms. The largest absolute Gasteiger partial charge is 0.336 e. The minimum Gasteiger partial charge on any atom is -0.336 e. The smallest absolute Gasteiger partial charge is 0.256 e. The van der Waals surface area contributed by atoms with E-state index in [4.69, 9.17) is 0 Å². The summed E-state index contributed by atoms with van der Waals surface area (Å²) in [6.45, 7) is 5.91. The van der Waals surface area contributed by atoms with Crippen LogP contribution in [-0.2, 0) is 0 Å². The Kier molecular flexibility index (Phi) is 3.43. The molecule has 0 saturated carbocycles. The number of piperazine rings is 1. The highest BCUT2D eigenvalue weighted by atomic mass is 19.1. The zero-order chi connectivity index (χ0) is 12.4. The number of aryl methyl sites for hydroxylation is 1. The summed E-state index contributed by atoms with van der Waals surface area (Å²) in [5.41, 5.74) is 1.08. The molecule has 2 rings (SSSR count). The molecule has 0 unspecified atom stereocenters. The molecule has 0 aromatic heterocycles. The first-order chi connectivity index (χ1) is 8.08. The van der Waals surface area contributed by atoms with Crippen molar-refractivity contribution in [1.82, 2.24) is 10.2 Å². The standard InChI is InChI=1S/C13H17FN2O/c1-9-3-4-12(14)11(7-9)13(17)16-6-5-15-10(2)8-16/h3-4,7,10,15H,5-6,8H2,1-2H3/t10-/m0/s1. The van der Waals surface area contributed by atoms with Crippen molar-refractivity contribution < 1.29 is 9.18 Å². The average Bonchev–Trinajstić information content (AvgIpc) is 2.31. The number of hydrogen-bond donors (Lipinski definition) is 1. The van der Waals surface area contributed by atoms with Gasteiger partial charge in [-0.25, -0.2) is 4.39 Å². The topological polar surface area (TPSA) is 32.3 Å². The van der Waals surface area contributed by atoms with Crippen LogP contribution in [0.5, 0.6) is 0 Å². The second-order valence-corrected chi connectivity index (χ2v) is 4.59. The van der Waals surface area contributed by atoms with Crippen LogP contribution in [0.15, 0.2) is 18.2 Å². The molecule has 1 saturated heterocycles. The first-order valence-electron chi connectivity index (χ1n) is 5.87. The molecule has 1 amide bonds. The SMILES string of the molecule is Cc1ccc(F)c(C(=O)N2CCN[C@@H](C)C2)c1. The third-order valence-corrected chi connectivity index (χ3v) is 3.01. The van der Waals surface area contributed by atoms with Crippen molar-refractivity contribution in [3.63, 3.8) is 0 Å². The van der Waals surface area contributed by atoms with Crippen LogP contribution in [0, 0.1) is 12.7 Å². The van der Waals surface area contributed by atoms with Crippen LogP contribution < -0.4 is 5.32 Å². The van der Waals surface area contributed by atoms with Crippen LogP contribution in [0.4, 0.5) is 4.39 Å². The number of halogens is 1. The average molecular weight is 236 g/mol. The number of nitrogens with one attached hydrogen (secondary N) is 1. The van der Waals surface area contributed by atoms with Crippen molar-refractivity contribution in [2.24, 2.45) is 0 Å². The summed E-state index contributed by atoms with van der Waals surface area (Å²) < 4.78 is 13.6. The summed E-state index contributed by atoms with van der Waals surface area (Å²) in [5.74, 6) is -0.647. The molecule has 1 aliphatic rings. The molecule has 1 fully saturated rings. The van der Waals surface area contributed by atoms with Gasteiger partial charge in [-0.1, -0.05) is 11.6 Å². The Hall–Kier alpha value is -1.42. The molecule has 1 aliphatic heterocycles. The van der Waals surface area contributed by atoms with Gasteiger partial charge in [0, 0.05) is 25.7 Å². The minimum absolute atomic E-state index is 0.180. The van der Waals surface area contributed by atoms with Crippen LogP contribution in [0.3, 0.4) is 0 Å². The lowest BCUT2D eigenvalue weighted by molar-refractivity contribution is 0.0704. The van der Waals surface area contributed by atoms with E-state index < -0.39 is 5.82 Å². The van der Waals surface area contributed by atoms with Gasteiger partial charge in [0.2, 0.25) is 0 Å². The lowest BCUT2D eigenvalue weighted by Gasteiger charge is -2.32. The van der Waals surface area contributed by atoms with Gasteiger partial charge >= 0.3 is 0 Å². The molecular weight excluding hydrogens is 219 g/mol. The van der Waals surface area contributed by atoms with Crippen LogP contribution >= 0.6 is 0 Å². The quantitative estimate of drug-likeness (QED) is 0.802. The van der Waals surface area contributed by atoms with Gasteiger partial charge in [0.25, 0.3) is 5.91 Å². The van der Waals surface area contributed by atoms with E-state index >= 15 is 0 Å². The van der Waals surface area contributed by atoms with Gasteiger partial charge in [0.15, 0.2) is 0 Å². The summed E-state index contributed by atoms with van der Waals surface area (Å²) in [4.78, 5) is 13.9. The van der Waals surface area contributed by atoms with Crippen LogP contribution in [0.1, 0.15) is 22.8 Å². The number of amides is 1. The van der Waals surface area contributed by atoms with Crippen molar-refractivity contribution >= 4 is 5.91 Å². The second kappa shape index (κ2) is 4.84. The Labute approximate surface area is 101 Å². The molecule has 92 valence electrons. The summed E-state index contributed by atoms with van der Waals surface area (Å²) in [5, 5.41) is 3.26. The zero-order valence-corrected chi connectivity index (χ0v) is 10.2. The van der Waals surface area contributed by atoms with E-state index in [1.54, 1.807) is 17.0 Å². The maximum Gasteiger partial charge on any atom is 0.256 e. The Morgan fingerprint density at radius 1 is 1.53 bits per heavy atom. The van der Waals surface area contributed by atoms with Gasteiger partial charge in [-0.05, 0) is 26.0 Å².